The van der Waals surface area contributed by atoms with Crippen LogP contribution in [0.2, 0.25) is 5.28 Å². The third kappa shape index (κ3) is 2.29. The molecule has 10 nitrogen and oxygen atoms in total. The van der Waals surface area contributed by atoms with E-state index in [0.717, 1.165) is 0 Å². The van der Waals surface area contributed by atoms with Crippen LogP contribution in [-0.4, -0.2) is 71.0 Å². The van der Waals surface area contributed by atoms with E-state index in [4.69, 9.17) is 16.3 Å². The standard InChI is InChI=1S/C11H13ClN4O6/c12-11-14-8-4(9(21)15-11)13-2-16(8)10-7(20)6(19)5(18)3(1-17)22-10/h2-3,5-7,10,17-20H,1H2,(H,14,15,21)/t3-,5-,6+,7-,10?/m1/s1. The SMILES string of the molecule is O=c1[nH]c(Cl)nc2c1ncn2C1O[C@H](CO)[C@@H](O)[C@H](O)[C@H]1O. The maximum absolute atomic E-state index is 11.7. The first kappa shape index (κ1) is 15.3. The molecule has 120 valence electrons. The molecule has 1 unspecified atom stereocenters. The molecule has 3 heterocycles. The van der Waals surface area contributed by atoms with E-state index in [9.17, 15) is 25.2 Å². The number of rotatable bonds is 2. The van der Waals surface area contributed by atoms with Crippen LogP contribution in [0.25, 0.3) is 11.2 Å². The number of nitrogens with zero attached hydrogens (tertiary/aromatic N) is 3. The van der Waals surface area contributed by atoms with Crippen molar-refractivity contribution in [2.24, 2.45) is 0 Å². The van der Waals surface area contributed by atoms with Gasteiger partial charge in [0, 0.05) is 0 Å². The van der Waals surface area contributed by atoms with Crippen LogP contribution in [0.3, 0.4) is 0 Å². The molecule has 0 spiro atoms. The van der Waals surface area contributed by atoms with Crippen LogP contribution >= 0.6 is 11.6 Å². The fourth-order valence-corrected chi connectivity index (χ4v) is 2.56. The van der Waals surface area contributed by atoms with Gasteiger partial charge in [-0.25, -0.2) is 4.98 Å². The van der Waals surface area contributed by atoms with E-state index >= 15 is 0 Å². The molecule has 2 aromatic rings. The van der Waals surface area contributed by atoms with Gasteiger partial charge >= 0.3 is 0 Å². The number of fused-ring (bicyclic) bond motifs is 1. The Morgan fingerprint density at radius 1 is 1.32 bits per heavy atom. The highest BCUT2D eigenvalue weighted by atomic mass is 35.5. The molecular formula is C11H13ClN4O6. The predicted molar refractivity (Wildman–Crippen MR) is 72.2 cm³/mol. The summed E-state index contributed by atoms with van der Waals surface area (Å²) in [5.41, 5.74) is -0.558. The van der Waals surface area contributed by atoms with Crippen LogP contribution < -0.4 is 5.56 Å². The Labute approximate surface area is 127 Å². The summed E-state index contributed by atoms with van der Waals surface area (Å²) < 4.78 is 6.59. The Kier molecular flexibility index (Phi) is 3.89. The number of nitrogens with one attached hydrogen (secondary N) is 1. The number of aliphatic hydroxyl groups is 4. The molecule has 0 aliphatic carbocycles. The van der Waals surface area contributed by atoms with Crippen LogP contribution in [0.1, 0.15) is 6.23 Å². The van der Waals surface area contributed by atoms with Crippen molar-refractivity contribution in [1.29, 1.82) is 0 Å². The van der Waals surface area contributed by atoms with Crippen LogP contribution in [-0.2, 0) is 4.74 Å². The van der Waals surface area contributed by atoms with E-state index in [0.29, 0.717) is 0 Å². The van der Waals surface area contributed by atoms with E-state index in [2.05, 4.69) is 15.0 Å². The van der Waals surface area contributed by atoms with Crippen LogP contribution in [0.15, 0.2) is 11.1 Å². The van der Waals surface area contributed by atoms with Gasteiger partial charge in [0.15, 0.2) is 17.4 Å². The average Bonchev–Trinajstić information content (AvgIpc) is 2.89. The van der Waals surface area contributed by atoms with E-state index < -0.39 is 42.8 Å². The van der Waals surface area contributed by atoms with Crippen molar-refractivity contribution in [2.75, 3.05) is 6.61 Å². The minimum absolute atomic E-state index is 0.0265. The Morgan fingerprint density at radius 3 is 2.73 bits per heavy atom. The molecule has 0 bridgehead atoms. The molecule has 3 rings (SSSR count). The Morgan fingerprint density at radius 2 is 2.05 bits per heavy atom. The molecule has 22 heavy (non-hydrogen) atoms. The van der Waals surface area contributed by atoms with Crippen molar-refractivity contribution >= 4 is 22.8 Å². The first-order valence-corrected chi connectivity index (χ1v) is 6.74. The predicted octanol–water partition coefficient (Wildman–Crippen LogP) is -2.25. The van der Waals surface area contributed by atoms with Crippen molar-refractivity contribution in [2.45, 2.75) is 30.6 Å². The maximum atomic E-state index is 11.7. The van der Waals surface area contributed by atoms with E-state index in [1.54, 1.807) is 0 Å². The smallest absolute Gasteiger partial charge is 0.280 e. The molecule has 1 aliphatic rings. The van der Waals surface area contributed by atoms with Gasteiger partial charge in [-0.05, 0) is 11.6 Å². The minimum atomic E-state index is -1.55. The number of ether oxygens (including phenoxy) is 1. The first-order chi connectivity index (χ1) is 10.4. The summed E-state index contributed by atoms with van der Waals surface area (Å²) in [6, 6.07) is 0. The number of hydrogen-bond donors (Lipinski definition) is 5. The Balaban J connectivity index is 2.08. The van der Waals surface area contributed by atoms with E-state index in [-0.39, 0.29) is 16.4 Å². The fourth-order valence-electron chi connectivity index (χ4n) is 2.40. The number of hydrogen-bond acceptors (Lipinski definition) is 8. The molecule has 0 radical (unpaired) electrons. The number of halogens is 1. The number of H-pyrrole nitrogens is 1. The molecule has 0 amide bonds. The third-order valence-corrected chi connectivity index (χ3v) is 3.72. The third-order valence-electron chi connectivity index (χ3n) is 3.54. The molecule has 11 heteroatoms. The van der Waals surface area contributed by atoms with Gasteiger partial charge in [-0.3, -0.25) is 14.3 Å². The van der Waals surface area contributed by atoms with Crippen LogP contribution in [0, 0.1) is 0 Å². The van der Waals surface area contributed by atoms with Crippen molar-refractivity contribution in [3.05, 3.63) is 22.0 Å². The summed E-state index contributed by atoms with van der Waals surface area (Å²) in [5.74, 6) is 0. The molecule has 0 aromatic carbocycles. The molecule has 1 aliphatic heterocycles. The lowest BCUT2D eigenvalue weighted by Crippen LogP contribution is -2.56. The van der Waals surface area contributed by atoms with Gasteiger partial charge in [0.25, 0.3) is 5.56 Å². The van der Waals surface area contributed by atoms with Crippen LogP contribution in [0.5, 0.6) is 0 Å². The van der Waals surface area contributed by atoms with Gasteiger partial charge in [0.05, 0.1) is 12.9 Å². The van der Waals surface area contributed by atoms with Crippen molar-refractivity contribution in [3.63, 3.8) is 0 Å². The number of aromatic nitrogens is 4. The van der Waals surface area contributed by atoms with E-state index in [1.165, 1.54) is 10.9 Å². The molecule has 5 N–H and O–H groups in total. The second kappa shape index (κ2) is 5.57. The average molecular weight is 333 g/mol. The first-order valence-electron chi connectivity index (χ1n) is 6.37. The summed E-state index contributed by atoms with van der Waals surface area (Å²) in [5, 5.41) is 38.7. The number of aromatic amines is 1. The largest absolute Gasteiger partial charge is 0.394 e. The lowest BCUT2D eigenvalue weighted by Gasteiger charge is -2.40. The molecule has 0 saturated carbocycles. The molecular weight excluding hydrogens is 320 g/mol. The number of aliphatic hydroxyl groups excluding tert-OH is 4. The van der Waals surface area contributed by atoms with Gasteiger partial charge in [-0.15, -0.1) is 0 Å². The zero-order valence-corrected chi connectivity index (χ0v) is 11.8. The summed E-state index contributed by atoms with van der Waals surface area (Å²) in [6.07, 6.45) is -5.65. The Hall–Kier alpha value is -1.56. The highest BCUT2D eigenvalue weighted by molar-refractivity contribution is 6.28. The zero-order valence-electron chi connectivity index (χ0n) is 11.0. The maximum Gasteiger partial charge on any atom is 0.280 e. The summed E-state index contributed by atoms with van der Waals surface area (Å²) in [6.45, 7) is -0.567. The van der Waals surface area contributed by atoms with Crippen LogP contribution in [0.4, 0.5) is 0 Å². The normalized spacial score (nSPS) is 32.5. The molecule has 5 atom stereocenters. The summed E-state index contributed by atoms with van der Waals surface area (Å²) >= 11 is 5.70. The lowest BCUT2D eigenvalue weighted by atomic mass is 9.98. The molecule has 1 saturated heterocycles. The lowest BCUT2D eigenvalue weighted by molar-refractivity contribution is -0.250. The summed E-state index contributed by atoms with van der Waals surface area (Å²) in [7, 11) is 0. The summed E-state index contributed by atoms with van der Waals surface area (Å²) in [4.78, 5) is 21.8. The quantitative estimate of drug-likeness (QED) is 0.386. The van der Waals surface area contributed by atoms with Gasteiger partial charge in [0.1, 0.15) is 24.4 Å². The van der Waals surface area contributed by atoms with Gasteiger partial charge < -0.3 is 25.2 Å². The van der Waals surface area contributed by atoms with Gasteiger partial charge in [0.2, 0.25) is 5.28 Å². The fraction of sp³-hybridized carbons (Fsp3) is 0.545. The van der Waals surface area contributed by atoms with E-state index in [1.807, 2.05) is 0 Å². The second-order valence-electron chi connectivity index (χ2n) is 4.90. The van der Waals surface area contributed by atoms with Gasteiger partial charge in [-0.2, -0.15) is 4.98 Å². The van der Waals surface area contributed by atoms with Crippen molar-refractivity contribution < 1.29 is 25.2 Å². The second-order valence-corrected chi connectivity index (χ2v) is 5.26. The topological polar surface area (TPSA) is 154 Å². The molecule has 2 aromatic heterocycles. The highest BCUT2D eigenvalue weighted by Crippen LogP contribution is 2.29. The van der Waals surface area contributed by atoms with Gasteiger partial charge in [-0.1, -0.05) is 0 Å². The highest BCUT2D eigenvalue weighted by Gasteiger charge is 2.44. The minimum Gasteiger partial charge on any atom is -0.394 e. The zero-order chi connectivity index (χ0) is 16.0. The Bertz CT molecular complexity index is 746. The van der Waals surface area contributed by atoms with Crippen molar-refractivity contribution in [3.8, 4) is 0 Å². The van der Waals surface area contributed by atoms with Crippen molar-refractivity contribution in [1.82, 2.24) is 19.5 Å². The molecule has 1 fully saturated rings. The number of imidazole rings is 1. The monoisotopic (exact) mass is 332 g/mol.